The Morgan fingerprint density at radius 2 is 2.38 bits per heavy atom. The largest absolute Gasteiger partial charge is 0.508 e. The first kappa shape index (κ1) is 11.8. The molecular weight excluding hydrogens is 206 g/mol. The number of nitrogens with zero attached hydrogens (tertiary/aromatic N) is 1. The number of carbonyl (C=O) groups is 1. The van der Waals surface area contributed by atoms with E-state index in [9.17, 15) is 9.90 Å². The van der Waals surface area contributed by atoms with Crippen LogP contribution in [0.5, 0.6) is 5.75 Å². The number of hydrogen-bond acceptors (Lipinski definition) is 4. The summed E-state index contributed by atoms with van der Waals surface area (Å²) in [6, 6.07) is 8.03. The van der Waals surface area contributed by atoms with E-state index < -0.39 is 5.97 Å². The zero-order valence-electron chi connectivity index (χ0n) is 8.80. The molecule has 0 spiro atoms. The molecule has 0 saturated carbocycles. The Labute approximate surface area is 93.4 Å². The summed E-state index contributed by atoms with van der Waals surface area (Å²) in [7, 11) is 0. The summed E-state index contributed by atoms with van der Waals surface area (Å²) < 4.78 is 4.71. The van der Waals surface area contributed by atoms with Crippen molar-refractivity contribution >= 4 is 12.0 Å². The fourth-order valence-electron chi connectivity index (χ4n) is 1.13. The zero-order chi connectivity index (χ0) is 12.0. The molecule has 0 aliphatic rings. The van der Waals surface area contributed by atoms with Crippen molar-refractivity contribution in [1.82, 2.24) is 0 Å². The van der Waals surface area contributed by atoms with Crippen LogP contribution in [0.2, 0.25) is 0 Å². The SMILES string of the molecule is CCOC(=O)/C(C#N)=C\c1cccc(O)c1. The lowest BCUT2D eigenvalue weighted by Crippen LogP contribution is -2.05. The molecule has 0 radical (unpaired) electrons. The van der Waals surface area contributed by atoms with E-state index in [4.69, 9.17) is 10.00 Å². The van der Waals surface area contributed by atoms with Crippen molar-refractivity contribution in [3.63, 3.8) is 0 Å². The van der Waals surface area contributed by atoms with Gasteiger partial charge in [0.2, 0.25) is 0 Å². The van der Waals surface area contributed by atoms with E-state index in [1.807, 2.05) is 0 Å². The van der Waals surface area contributed by atoms with E-state index >= 15 is 0 Å². The van der Waals surface area contributed by atoms with Crippen LogP contribution < -0.4 is 0 Å². The highest BCUT2D eigenvalue weighted by molar-refractivity contribution is 5.97. The molecule has 0 aliphatic heterocycles. The molecule has 1 N–H and O–H groups in total. The first-order valence-corrected chi connectivity index (χ1v) is 4.75. The Morgan fingerprint density at radius 3 is 2.94 bits per heavy atom. The fourth-order valence-corrected chi connectivity index (χ4v) is 1.13. The van der Waals surface area contributed by atoms with Gasteiger partial charge in [0.15, 0.2) is 0 Å². The molecule has 0 saturated heterocycles. The molecule has 0 heterocycles. The second-order valence-corrected chi connectivity index (χ2v) is 2.99. The Morgan fingerprint density at radius 1 is 1.62 bits per heavy atom. The molecule has 1 rings (SSSR count). The molecule has 82 valence electrons. The van der Waals surface area contributed by atoms with E-state index in [2.05, 4.69) is 0 Å². The van der Waals surface area contributed by atoms with Crippen molar-refractivity contribution < 1.29 is 14.6 Å². The highest BCUT2D eigenvalue weighted by Crippen LogP contribution is 2.14. The van der Waals surface area contributed by atoms with Gasteiger partial charge in [-0.2, -0.15) is 5.26 Å². The van der Waals surface area contributed by atoms with Gasteiger partial charge < -0.3 is 9.84 Å². The molecule has 4 heteroatoms. The highest BCUT2D eigenvalue weighted by Gasteiger charge is 2.09. The average molecular weight is 217 g/mol. The topological polar surface area (TPSA) is 70.3 Å². The molecular formula is C12H11NO3. The van der Waals surface area contributed by atoms with Crippen molar-refractivity contribution in [2.24, 2.45) is 0 Å². The van der Waals surface area contributed by atoms with Crippen LogP contribution in [0.25, 0.3) is 6.08 Å². The van der Waals surface area contributed by atoms with Gasteiger partial charge in [0.1, 0.15) is 17.4 Å². The number of rotatable bonds is 3. The van der Waals surface area contributed by atoms with Gasteiger partial charge in [-0.3, -0.25) is 0 Å². The summed E-state index contributed by atoms with van der Waals surface area (Å²) in [6.45, 7) is 1.89. The highest BCUT2D eigenvalue weighted by atomic mass is 16.5. The number of ether oxygens (including phenoxy) is 1. The van der Waals surface area contributed by atoms with Crippen molar-refractivity contribution in [2.45, 2.75) is 6.92 Å². The first-order chi connectivity index (χ1) is 7.67. The summed E-state index contributed by atoms with van der Waals surface area (Å²) in [6.07, 6.45) is 1.37. The summed E-state index contributed by atoms with van der Waals surface area (Å²) in [5.74, 6) is -0.580. The minimum atomic E-state index is -0.659. The Balaban J connectivity index is 2.97. The van der Waals surface area contributed by atoms with E-state index in [0.717, 1.165) is 0 Å². The van der Waals surface area contributed by atoms with Crippen molar-refractivity contribution in [1.29, 1.82) is 5.26 Å². The maximum atomic E-state index is 11.3. The number of phenols is 1. The van der Waals surface area contributed by atoms with Crippen molar-refractivity contribution in [3.8, 4) is 11.8 Å². The van der Waals surface area contributed by atoms with Gasteiger partial charge >= 0.3 is 5.97 Å². The predicted octanol–water partition coefficient (Wildman–Crippen LogP) is 1.86. The molecule has 4 nitrogen and oxygen atoms in total. The number of nitriles is 1. The predicted molar refractivity (Wildman–Crippen MR) is 58.3 cm³/mol. The van der Waals surface area contributed by atoms with Crippen LogP contribution in [0.4, 0.5) is 0 Å². The molecule has 16 heavy (non-hydrogen) atoms. The number of aromatic hydroxyl groups is 1. The van der Waals surface area contributed by atoms with E-state index in [-0.39, 0.29) is 17.9 Å². The molecule has 0 atom stereocenters. The van der Waals surface area contributed by atoms with Crippen LogP contribution >= 0.6 is 0 Å². The normalized spacial score (nSPS) is 10.6. The quantitative estimate of drug-likeness (QED) is 0.476. The Kier molecular flexibility index (Phi) is 4.10. The van der Waals surface area contributed by atoms with E-state index in [1.54, 1.807) is 25.1 Å². The third kappa shape index (κ3) is 3.14. The smallest absolute Gasteiger partial charge is 0.348 e. The Bertz CT molecular complexity index is 458. The van der Waals surface area contributed by atoms with Crippen LogP contribution in [-0.2, 0) is 9.53 Å². The summed E-state index contributed by atoms with van der Waals surface area (Å²) in [5, 5.41) is 18.0. The minimum Gasteiger partial charge on any atom is -0.508 e. The second kappa shape index (κ2) is 5.56. The maximum absolute atomic E-state index is 11.3. The van der Waals surface area contributed by atoms with Gasteiger partial charge in [0, 0.05) is 0 Å². The molecule has 0 fully saturated rings. The fraction of sp³-hybridized carbons (Fsp3) is 0.167. The minimum absolute atomic E-state index is 0.0786. The third-order valence-corrected chi connectivity index (χ3v) is 1.80. The van der Waals surface area contributed by atoms with Crippen molar-refractivity contribution in [3.05, 3.63) is 35.4 Å². The average Bonchev–Trinajstić information content (AvgIpc) is 2.26. The van der Waals surface area contributed by atoms with Gasteiger partial charge in [0.25, 0.3) is 0 Å². The number of phenolic OH excluding ortho intramolecular Hbond substituents is 1. The molecule has 1 aromatic carbocycles. The van der Waals surface area contributed by atoms with Crippen LogP contribution in [0, 0.1) is 11.3 Å². The van der Waals surface area contributed by atoms with Gasteiger partial charge in [-0.1, -0.05) is 12.1 Å². The lowest BCUT2D eigenvalue weighted by Gasteiger charge is -2.00. The number of hydrogen-bond donors (Lipinski definition) is 1. The third-order valence-electron chi connectivity index (χ3n) is 1.80. The van der Waals surface area contributed by atoms with Crippen molar-refractivity contribution in [2.75, 3.05) is 6.61 Å². The zero-order valence-corrected chi connectivity index (χ0v) is 8.80. The standard InChI is InChI=1S/C12H11NO3/c1-2-16-12(15)10(8-13)6-9-4-3-5-11(14)7-9/h3-7,14H,2H2,1H3/b10-6-. The van der Waals surface area contributed by atoms with Gasteiger partial charge in [-0.15, -0.1) is 0 Å². The van der Waals surface area contributed by atoms with E-state index in [1.165, 1.54) is 18.2 Å². The summed E-state index contributed by atoms with van der Waals surface area (Å²) in [4.78, 5) is 11.3. The lowest BCUT2D eigenvalue weighted by molar-refractivity contribution is -0.137. The number of carbonyl (C=O) groups excluding carboxylic acids is 1. The van der Waals surface area contributed by atoms with Crippen LogP contribution in [-0.4, -0.2) is 17.7 Å². The first-order valence-electron chi connectivity index (χ1n) is 4.75. The second-order valence-electron chi connectivity index (χ2n) is 2.99. The van der Waals surface area contributed by atoms with Gasteiger partial charge in [-0.05, 0) is 30.7 Å². The van der Waals surface area contributed by atoms with Crippen LogP contribution in [0.3, 0.4) is 0 Å². The lowest BCUT2D eigenvalue weighted by atomic mass is 10.1. The molecule has 0 aromatic heterocycles. The van der Waals surface area contributed by atoms with Gasteiger partial charge in [0.05, 0.1) is 6.61 Å². The van der Waals surface area contributed by atoms with Gasteiger partial charge in [-0.25, -0.2) is 4.79 Å². The summed E-state index contributed by atoms with van der Waals surface area (Å²) in [5.41, 5.74) is 0.483. The molecule has 0 unspecified atom stereocenters. The maximum Gasteiger partial charge on any atom is 0.348 e. The van der Waals surface area contributed by atoms with Crippen LogP contribution in [0.1, 0.15) is 12.5 Å². The molecule has 1 aromatic rings. The monoisotopic (exact) mass is 217 g/mol. The van der Waals surface area contributed by atoms with E-state index in [0.29, 0.717) is 5.56 Å². The molecule has 0 bridgehead atoms. The number of esters is 1. The summed E-state index contributed by atoms with van der Waals surface area (Å²) >= 11 is 0. The molecule has 0 aliphatic carbocycles. The Hall–Kier alpha value is -2.28. The number of benzene rings is 1. The molecule has 0 amide bonds. The van der Waals surface area contributed by atoms with Crippen LogP contribution in [0.15, 0.2) is 29.8 Å².